The first kappa shape index (κ1) is 16.0. The second kappa shape index (κ2) is 9.79. The lowest BCUT2D eigenvalue weighted by molar-refractivity contribution is 0.607. The molecule has 2 nitrogen and oxygen atoms in total. The molecule has 0 bridgehead atoms. The van der Waals surface area contributed by atoms with Crippen LogP contribution in [0.2, 0.25) is 0 Å². The molecule has 0 saturated heterocycles. The van der Waals surface area contributed by atoms with Crippen molar-refractivity contribution in [2.75, 3.05) is 12.4 Å². The molecular weight excluding hydrogens is 252 g/mol. The Bertz CT molecular complexity index is 360. The summed E-state index contributed by atoms with van der Waals surface area (Å²) in [5, 5.41) is 6.69. The molecule has 0 saturated carbocycles. The monoisotopic (exact) mass is 278 g/mol. The molecule has 1 rings (SSSR count). The van der Waals surface area contributed by atoms with Crippen molar-refractivity contribution in [3.05, 3.63) is 29.8 Å². The van der Waals surface area contributed by atoms with Crippen LogP contribution in [0.1, 0.15) is 51.0 Å². The van der Waals surface area contributed by atoms with E-state index in [0.29, 0.717) is 5.11 Å². The molecule has 0 spiro atoms. The zero-order chi connectivity index (χ0) is 13.9. The van der Waals surface area contributed by atoms with Crippen molar-refractivity contribution in [1.82, 2.24) is 5.32 Å². The third-order valence-electron chi connectivity index (χ3n) is 3.26. The largest absolute Gasteiger partial charge is 0.366 e. The fourth-order valence-corrected chi connectivity index (χ4v) is 2.18. The van der Waals surface area contributed by atoms with Gasteiger partial charge in [0.2, 0.25) is 0 Å². The summed E-state index contributed by atoms with van der Waals surface area (Å²) in [6.45, 7) is 2.26. The molecular formula is C16H26N2S. The Hall–Kier alpha value is -1.09. The Morgan fingerprint density at radius 3 is 2.26 bits per heavy atom. The molecule has 0 amide bonds. The van der Waals surface area contributed by atoms with Gasteiger partial charge in [0.05, 0.1) is 0 Å². The summed E-state index contributed by atoms with van der Waals surface area (Å²) in [5.74, 6) is 0. The number of aryl methyl sites for hydroxylation is 1. The molecule has 0 fully saturated rings. The van der Waals surface area contributed by atoms with E-state index in [-0.39, 0.29) is 0 Å². The second-order valence-electron chi connectivity index (χ2n) is 4.92. The minimum atomic E-state index is 0.656. The first-order valence-electron chi connectivity index (χ1n) is 7.34. The lowest BCUT2D eigenvalue weighted by Gasteiger charge is -2.08. The lowest BCUT2D eigenvalue weighted by Crippen LogP contribution is -2.23. The Morgan fingerprint density at radius 2 is 1.63 bits per heavy atom. The molecule has 1 aromatic carbocycles. The smallest absolute Gasteiger partial charge is 0.170 e. The Labute approximate surface area is 123 Å². The van der Waals surface area contributed by atoms with Gasteiger partial charge in [-0.05, 0) is 42.8 Å². The SMILES string of the molecule is CCCCCCCCc1ccc(NC(=S)NC)cc1. The van der Waals surface area contributed by atoms with Crippen molar-refractivity contribution in [2.24, 2.45) is 0 Å². The maximum Gasteiger partial charge on any atom is 0.170 e. The summed E-state index contributed by atoms with van der Waals surface area (Å²) in [6.07, 6.45) is 9.30. The zero-order valence-electron chi connectivity index (χ0n) is 12.2. The highest BCUT2D eigenvalue weighted by atomic mass is 32.1. The van der Waals surface area contributed by atoms with Crippen molar-refractivity contribution in [3.63, 3.8) is 0 Å². The molecule has 0 aliphatic heterocycles. The molecule has 0 radical (unpaired) electrons. The second-order valence-corrected chi connectivity index (χ2v) is 5.33. The van der Waals surface area contributed by atoms with Crippen molar-refractivity contribution in [1.29, 1.82) is 0 Å². The highest BCUT2D eigenvalue weighted by Crippen LogP contribution is 2.13. The van der Waals surface area contributed by atoms with Gasteiger partial charge in [-0.3, -0.25) is 0 Å². The van der Waals surface area contributed by atoms with Gasteiger partial charge in [-0.25, -0.2) is 0 Å². The van der Waals surface area contributed by atoms with Gasteiger partial charge in [-0.15, -0.1) is 0 Å². The van der Waals surface area contributed by atoms with Crippen LogP contribution in [0, 0.1) is 0 Å². The predicted molar refractivity (Wildman–Crippen MR) is 88.8 cm³/mol. The number of thiocarbonyl (C=S) groups is 1. The molecule has 0 heterocycles. The first-order valence-corrected chi connectivity index (χ1v) is 7.74. The fourth-order valence-electron chi connectivity index (χ4n) is 2.06. The van der Waals surface area contributed by atoms with Crippen LogP contribution >= 0.6 is 12.2 Å². The van der Waals surface area contributed by atoms with Gasteiger partial charge in [-0.2, -0.15) is 0 Å². The molecule has 0 atom stereocenters. The van der Waals surface area contributed by atoms with Crippen molar-refractivity contribution in [2.45, 2.75) is 51.9 Å². The summed E-state index contributed by atoms with van der Waals surface area (Å²) < 4.78 is 0. The van der Waals surface area contributed by atoms with E-state index in [2.05, 4.69) is 41.8 Å². The van der Waals surface area contributed by atoms with E-state index >= 15 is 0 Å². The van der Waals surface area contributed by atoms with Crippen LogP contribution in [0.15, 0.2) is 24.3 Å². The number of nitrogens with one attached hydrogen (secondary N) is 2. The van der Waals surface area contributed by atoms with Gasteiger partial charge in [0.1, 0.15) is 0 Å². The molecule has 0 aromatic heterocycles. The minimum Gasteiger partial charge on any atom is -0.366 e. The van der Waals surface area contributed by atoms with Crippen LogP contribution in [0.25, 0.3) is 0 Å². The molecule has 2 N–H and O–H groups in total. The van der Waals surface area contributed by atoms with E-state index in [4.69, 9.17) is 12.2 Å². The van der Waals surface area contributed by atoms with E-state index in [1.807, 2.05) is 7.05 Å². The van der Waals surface area contributed by atoms with Gasteiger partial charge in [0.15, 0.2) is 5.11 Å². The Morgan fingerprint density at radius 1 is 1.00 bits per heavy atom. The quantitative estimate of drug-likeness (QED) is 0.540. The van der Waals surface area contributed by atoms with Crippen LogP contribution < -0.4 is 10.6 Å². The molecule has 0 aliphatic rings. The topological polar surface area (TPSA) is 24.1 Å². The molecule has 106 valence electrons. The van der Waals surface area contributed by atoms with Gasteiger partial charge in [0, 0.05) is 12.7 Å². The molecule has 1 aromatic rings. The van der Waals surface area contributed by atoms with Crippen molar-refractivity contribution >= 4 is 23.0 Å². The van der Waals surface area contributed by atoms with E-state index in [1.54, 1.807) is 0 Å². The highest BCUT2D eigenvalue weighted by molar-refractivity contribution is 7.80. The van der Waals surface area contributed by atoms with Crippen LogP contribution in [0.3, 0.4) is 0 Å². The zero-order valence-corrected chi connectivity index (χ0v) is 13.0. The summed E-state index contributed by atoms with van der Waals surface area (Å²) in [7, 11) is 1.82. The van der Waals surface area contributed by atoms with E-state index in [0.717, 1.165) is 5.69 Å². The van der Waals surface area contributed by atoms with Crippen LogP contribution in [-0.4, -0.2) is 12.2 Å². The third-order valence-corrected chi connectivity index (χ3v) is 3.56. The number of rotatable bonds is 8. The summed E-state index contributed by atoms with van der Waals surface area (Å²) in [6, 6.07) is 8.56. The average molecular weight is 278 g/mol. The van der Waals surface area contributed by atoms with Crippen LogP contribution in [-0.2, 0) is 6.42 Å². The van der Waals surface area contributed by atoms with Gasteiger partial charge < -0.3 is 10.6 Å². The van der Waals surface area contributed by atoms with Gasteiger partial charge >= 0.3 is 0 Å². The van der Waals surface area contributed by atoms with E-state index in [9.17, 15) is 0 Å². The Balaban J connectivity index is 2.22. The number of unbranched alkanes of at least 4 members (excludes halogenated alkanes) is 5. The van der Waals surface area contributed by atoms with Crippen molar-refractivity contribution < 1.29 is 0 Å². The standard InChI is InChI=1S/C16H26N2S/c1-3-4-5-6-7-8-9-14-10-12-15(13-11-14)18-16(19)17-2/h10-13H,3-9H2,1-2H3,(H2,17,18,19). The maximum atomic E-state index is 5.07. The molecule has 0 aliphatic carbocycles. The average Bonchev–Trinajstić information content (AvgIpc) is 2.44. The lowest BCUT2D eigenvalue weighted by atomic mass is 10.0. The fraction of sp³-hybridized carbons (Fsp3) is 0.562. The normalized spacial score (nSPS) is 10.2. The predicted octanol–water partition coefficient (Wildman–Crippen LogP) is 4.51. The third kappa shape index (κ3) is 7.16. The summed E-state index contributed by atoms with van der Waals surface area (Å²) >= 11 is 5.07. The Kier molecular flexibility index (Phi) is 8.23. The first-order chi connectivity index (χ1) is 9.26. The number of hydrogen-bond donors (Lipinski definition) is 2. The minimum absolute atomic E-state index is 0.656. The summed E-state index contributed by atoms with van der Waals surface area (Å²) in [5.41, 5.74) is 2.46. The van der Waals surface area contributed by atoms with E-state index < -0.39 is 0 Å². The van der Waals surface area contributed by atoms with Gasteiger partial charge in [0.25, 0.3) is 0 Å². The summed E-state index contributed by atoms with van der Waals surface area (Å²) in [4.78, 5) is 0. The van der Waals surface area contributed by atoms with Crippen molar-refractivity contribution in [3.8, 4) is 0 Å². The maximum absolute atomic E-state index is 5.07. The highest BCUT2D eigenvalue weighted by Gasteiger charge is 1.97. The molecule has 19 heavy (non-hydrogen) atoms. The number of hydrogen-bond acceptors (Lipinski definition) is 1. The molecule has 0 unspecified atom stereocenters. The number of anilines is 1. The van der Waals surface area contributed by atoms with E-state index in [1.165, 1.54) is 50.5 Å². The van der Waals surface area contributed by atoms with Gasteiger partial charge in [-0.1, -0.05) is 51.2 Å². The molecule has 3 heteroatoms. The van der Waals surface area contributed by atoms with Crippen LogP contribution in [0.4, 0.5) is 5.69 Å². The van der Waals surface area contributed by atoms with Crippen LogP contribution in [0.5, 0.6) is 0 Å². The number of benzene rings is 1.